The third-order valence-electron chi connectivity index (χ3n) is 2.67. The Hall–Kier alpha value is -0.640. The monoisotopic (exact) mass is 322 g/mol. The van der Waals surface area contributed by atoms with Gasteiger partial charge in [-0.2, -0.15) is 16.1 Å². The maximum Gasteiger partial charge on any atom is 0.358 e. The molecule has 6 nitrogen and oxygen atoms in total. The van der Waals surface area contributed by atoms with Gasteiger partial charge in [0.25, 0.3) is 10.0 Å². The number of carbonyl (C=O) groups excluding carboxylic acids is 1. The largest absolute Gasteiger partial charge is 0.464 e. The van der Waals surface area contributed by atoms with Crippen LogP contribution in [0.3, 0.4) is 0 Å². The molecule has 2 heterocycles. The van der Waals surface area contributed by atoms with Crippen molar-refractivity contribution in [1.29, 1.82) is 0 Å². The van der Waals surface area contributed by atoms with E-state index in [0.717, 1.165) is 29.3 Å². The lowest BCUT2D eigenvalue weighted by Crippen LogP contribution is -2.33. The van der Waals surface area contributed by atoms with E-state index in [9.17, 15) is 13.2 Å². The molecule has 1 aromatic heterocycles. The zero-order valence-electron chi connectivity index (χ0n) is 10.4. The van der Waals surface area contributed by atoms with Crippen LogP contribution in [-0.2, 0) is 14.8 Å². The summed E-state index contributed by atoms with van der Waals surface area (Å²) in [5.74, 6) is 1.01. The Labute approximate surface area is 120 Å². The predicted molar refractivity (Wildman–Crippen MR) is 74.2 cm³/mol. The number of carbonyl (C=O) groups is 1. The zero-order valence-corrected chi connectivity index (χ0v) is 12.8. The van der Waals surface area contributed by atoms with Crippen molar-refractivity contribution in [2.45, 2.75) is 10.6 Å². The highest BCUT2D eigenvalue weighted by atomic mass is 32.2. The summed E-state index contributed by atoms with van der Waals surface area (Å²) in [6, 6.07) is 0. The summed E-state index contributed by atoms with van der Waals surface area (Å²) in [6.45, 7) is 0.944. The van der Waals surface area contributed by atoms with Crippen LogP contribution < -0.4 is 0 Å². The van der Waals surface area contributed by atoms with Gasteiger partial charge in [-0.1, -0.05) is 0 Å². The Kier molecular flexibility index (Phi) is 4.82. The van der Waals surface area contributed by atoms with Gasteiger partial charge < -0.3 is 4.74 Å². The lowest BCUT2D eigenvalue weighted by Gasteiger charge is -2.18. The summed E-state index contributed by atoms with van der Waals surface area (Å²) in [7, 11) is -2.44. The molecular weight excluding hydrogens is 308 g/mol. The van der Waals surface area contributed by atoms with E-state index in [1.54, 1.807) is 11.8 Å². The topological polar surface area (TPSA) is 76.6 Å². The summed E-state index contributed by atoms with van der Waals surface area (Å²) >= 11 is 2.69. The molecule has 1 aliphatic heterocycles. The molecule has 1 fully saturated rings. The number of aromatic nitrogens is 1. The normalized spacial score (nSPS) is 17.9. The van der Waals surface area contributed by atoms with Gasteiger partial charge in [-0.15, -0.1) is 11.3 Å². The third kappa shape index (κ3) is 3.10. The number of esters is 1. The Balaban J connectivity index is 2.33. The average molecular weight is 322 g/mol. The average Bonchev–Trinajstić information content (AvgIpc) is 2.73. The third-order valence-corrected chi connectivity index (χ3v) is 6.96. The molecule has 1 aliphatic rings. The highest BCUT2D eigenvalue weighted by Crippen LogP contribution is 2.26. The fourth-order valence-corrected chi connectivity index (χ4v) is 5.48. The molecule has 1 saturated heterocycles. The number of hydrogen-bond donors (Lipinski definition) is 0. The summed E-state index contributed by atoms with van der Waals surface area (Å²) in [5, 5.41) is 0. The fourth-order valence-electron chi connectivity index (χ4n) is 1.73. The van der Waals surface area contributed by atoms with Crippen LogP contribution in [0.4, 0.5) is 0 Å². The van der Waals surface area contributed by atoms with Gasteiger partial charge in [0.05, 0.1) is 12.6 Å². The molecular formula is C10H14N2O4S3. The number of ether oxygens (including phenoxy) is 1. The lowest BCUT2D eigenvalue weighted by molar-refractivity contribution is 0.0590. The molecule has 19 heavy (non-hydrogen) atoms. The van der Waals surface area contributed by atoms with E-state index >= 15 is 0 Å². The second kappa shape index (κ2) is 6.21. The van der Waals surface area contributed by atoms with Crippen LogP contribution in [0.15, 0.2) is 9.72 Å². The molecule has 0 aromatic carbocycles. The fraction of sp³-hybridized carbons (Fsp3) is 0.600. The van der Waals surface area contributed by atoms with E-state index in [4.69, 9.17) is 0 Å². The number of rotatable bonds is 3. The van der Waals surface area contributed by atoms with Crippen LogP contribution in [-0.4, -0.2) is 55.4 Å². The highest BCUT2D eigenvalue weighted by Gasteiger charge is 2.32. The van der Waals surface area contributed by atoms with Crippen molar-refractivity contribution in [2.75, 3.05) is 31.7 Å². The Morgan fingerprint density at radius 2 is 2.21 bits per heavy atom. The number of hydrogen-bond acceptors (Lipinski definition) is 7. The van der Waals surface area contributed by atoms with Crippen LogP contribution in [0.2, 0.25) is 0 Å². The van der Waals surface area contributed by atoms with Crippen LogP contribution >= 0.6 is 23.1 Å². The maximum absolute atomic E-state index is 12.5. The zero-order chi connectivity index (χ0) is 13.9. The van der Waals surface area contributed by atoms with Crippen LogP contribution in [0.25, 0.3) is 0 Å². The first-order chi connectivity index (χ1) is 9.07. The van der Waals surface area contributed by atoms with E-state index in [0.29, 0.717) is 13.1 Å². The first kappa shape index (κ1) is 14.8. The lowest BCUT2D eigenvalue weighted by atomic mass is 10.5. The van der Waals surface area contributed by atoms with E-state index in [1.807, 2.05) is 0 Å². The molecule has 0 spiro atoms. The number of methoxy groups -OCH3 is 1. The minimum Gasteiger partial charge on any atom is -0.464 e. The molecule has 0 radical (unpaired) electrons. The van der Waals surface area contributed by atoms with Gasteiger partial charge in [0.2, 0.25) is 0 Å². The molecule has 1 aromatic rings. The highest BCUT2D eigenvalue weighted by molar-refractivity contribution is 7.99. The smallest absolute Gasteiger partial charge is 0.358 e. The minimum atomic E-state index is -3.65. The second-order valence-corrected chi connectivity index (χ2v) is 8.06. The van der Waals surface area contributed by atoms with E-state index in [2.05, 4.69) is 9.72 Å². The Morgan fingerprint density at radius 1 is 1.42 bits per heavy atom. The van der Waals surface area contributed by atoms with Crippen molar-refractivity contribution in [2.24, 2.45) is 0 Å². The molecule has 0 saturated carbocycles. The van der Waals surface area contributed by atoms with Crippen molar-refractivity contribution in [1.82, 2.24) is 9.29 Å². The van der Waals surface area contributed by atoms with Crippen molar-refractivity contribution in [3.8, 4) is 0 Å². The molecule has 0 atom stereocenters. The van der Waals surface area contributed by atoms with Gasteiger partial charge in [0, 0.05) is 18.8 Å². The van der Waals surface area contributed by atoms with Gasteiger partial charge >= 0.3 is 5.97 Å². The van der Waals surface area contributed by atoms with Crippen LogP contribution in [0.5, 0.6) is 0 Å². The second-order valence-electron chi connectivity index (χ2n) is 3.85. The Morgan fingerprint density at radius 3 is 2.95 bits per heavy atom. The molecule has 0 N–H and O–H groups in total. The molecule has 9 heteroatoms. The number of nitrogens with zero attached hydrogens (tertiary/aromatic N) is 2. The Bertz CT molecular complexity index is 547. The van der Waals surface area contributed by atoms with Crippen LogP contribution in [0.1, 0.15) is 16.9 Å². The van der Waals surface area contributed by atoms with Crippen molar-refractivity contribution in [3.05, 3.63) is 11.2 Å². The van der Waals surface area contributed by atoms with Gasteiger partial charge in [0.15, 0.2) is 9.90 Å². The molecule has 0 amide bonds. The SMILES string of the molecule is COC(=O)c1ncsc1S(=O)(=O)N1CCCSCC1. The molecule has 0 aliphatic carbocycles. The molecule has 106 valence electrons. The summed E-state index contributed by atoms with van der Waals surface area (Å²) < 4.78 is 31.0. The first-order valence-corrected chi connectivity index (χ1v) is 9.14. The summed E-state index contributed by atoms with van der Waals surface area (Å²) in [6.07, 6.45) is 0.816. The summed E-state index contributed by atoms with van der Waals surface area (Å²) in [4.78, 5) is 15.3. The number of thioether (sulfide) groups is 1. The number of thiazole rings is 1. The van der Waals surface area contributed by atoms with Gasteiger partial charge in [0.1, 0.15) is 0 Å². The predicted octanol–water partition coefficient (Wildman–Crippen LogP) is 1.06. The quantitative estimate of drug-likeness (QED) is 0.775. The molecule has 2 rings (SSSR count). The van der Waals surface area contributed by atoms with Gasteiger partial charge in [-0.05, 0) is 12.2 Å². The van der Waals surface area contributed by atoms with Gasteiger partial charge in [-0.3, -0.25) is 0 Å². The van der Waals surface area contributed by atoms with E-state index in [1.165, 1.54) is 16.9 Å². The van der Waals surface area contributed by atoms with Crippen molar-refractivity contribution in [3.63, 3.8) is 0 Å². The van der Waals surface area contributed by atoms with Crippen LogP contribution in [0, 0.1) is 0 Å². The minimum absolute atomic E-state index is 0.0220. The van der Waals surface area contributed by atoms with E-state index in [-0.39, 0.29) is 9.90 Å². The standard InChI is InChI=1S/C10H14N2O4S3/c1-16-9(13)8-10(18-7-11-8)19(14,15)12-3-2-5-17-6-4-12/h7H,2-6H2,1H3. The first-order valence-electron chi connectivity index (χ1n) is 5.67. The maximum atomic E-state index is 12.5. The molecule has 0 unspecified atom stereocenters. The van der Waals surface area contributed by atoms with Gasteiger partial charge in [-0.25, -0.2) is 18.2 Å². The van der Waals surface area contributed by atoms with E-state index < -0.39 is 16.0 Å². The summed E-state index contributed by atoms with van der Waals surface area (Å²) in [5.41, 5.74) is 1.23. The van der Waals surface area contributed by atoms with Crippen molar-refractivity contribution < 1.29 is 17.9 Å². The molecule has 0 bridgehead atoms. The number of sulfonamides is 1. The van der Waals surface area contributed by atoms with Crippen molar-refractivity contribution >= 4 is 39.1 Å².